The molecule has 1 aromatic carbocycles. The van der Waals surface area contributed by atoms with Crippen molar-refractivity contribution in [3.63, 3.8) is 0 Å². The van der Waals surface area contributed by atoms with Crippen LogP contribution in [0.4, 0.5) is 10.1 Å². The van der Waals surface area contributed by atoms with Gasteiger partial charge in [0.25, 0.3) is 5.91 Å². The standard InChI is InChI=1S/C13H13FN4OS2/c1-2-3-10-11(21-18-17-10)13(19)16-7-4-5-9(14)8(6-7)12(15)20/h4-6H,2-3H2,1H3,(H2,15,20)(H,16,19). The topological polar surface area (TPSA) is 80.9 Å². The molecule has 1 heterocycles. The second kappa shape index (κ2) is 6.68. The van der Waals surface area contributed by atoms with E-state index in [1.807, 2.05) is 6.92 Å². The predicted octanol–water partition coefficient (Wildman–Crippen LogP) is 2.52. The third-order valence-electron chi connectivity index (χ3n) is 2.74. The number of thiocarbonyl (C=S) groups is 1. The lowest BCUT2D eigenvalue weighted by atomic mass is 10.2. The molecule has 0 unspecified atom stereocenters. The third-order valence-corrected chi connectivity index (χ3v) is 3.73. The van der Waals surface area contributed by atoms with Crippen molar-refractivity contribution in [2.75, 3.05) is 5.32 Å². The van der Waals surface area contributed by atoms with Crippen molar-refractivity contribution < 1.29 is 9.18 Å². The van der Waals surface area contributed by atoms with Crippen LogP contribution in [0.15, 0.2) is 18.2 Å². The van der Waals surface area contributed by atoms with E-state index in [1.165, 1.54) is 18.2 Å². The van der Waals surface area contributed by atoms with Crippen LogP contribution in [0.3, 0.4) is 0 Å². The highest BCUT2D eigenvalue weighted by atomic mass is 32.1. The van der Waals surface area contributed by atoms with Crippen molar-refractivity contribution in [3.05, 3.63) is 40.2 Å². The molecule has 0 aliphatic heterocycles. The fourth-order valence-corrected chi connectivity index (χ4v) is 2.52. The van der Waals surface area contributed by atoms with Gasteiger partial charge in [-0.15, -0.1) is 5.10 Å². The zero-order valence-electron chi connectivity index (χ0n) is 11.2. The number of carbonyl (C=O) groups excluding carboxylic acids is 1. The summed E-state index contributed by atoms with van der Waals surface area (Å²) >= 11 is 5.80. The number of aryl methyl sites for hydroxylation is 1. The van der Waals surface area contributed by atoms with E-state index in [-0.39, 0.29) is 16.5 Å². The molecule has 5 nitrogen and oxygen atoms in total. The Morgan fingerprint density at radius 2 is 2.29 bits per heavy atom. The van der Waals surface area contributed by atoms with Gasteiger partial charge in [0, 0.05) is 11.3 Å². The lowest BCUT2D eigenvalue weighted by Crippen LogP contribution is -2.15. The van der Waals surface area contributed by atoms with Crippen LogP contribution in [0.2, 0.25) is 0 Å². The zero-order chi connectivity index (χ0) is 15.4. The Hall–Kier alpha value is -1.93. The SMILES string of the molecule is CCCc1nnsc1C(=O)Nc1ccc(F)c(C(N)=S)c1. The van der Waals surface area contributed by atoms with Gasteiger partial charge in [-0.05, 0) is 36.2 Å². The summed E-state index contributed by atoms with van der Waals surface area (Å²) in [5, 5.41) is 6.61. The number of rotatable bonds is 5. The van der Waals surface area contributed by atoms with Crippen molar-refractivity contribution >= 4 is 40.3 Å². The van der Waals surface area contributed by atoms with Gasteiger partial charge in [-0.3, -0.25) is 4.79 Å². The molecule has 0 aliphatic carbocycles. The van der Waals surface area contributed by atoms with Crippen LogP contribution in [0.1, 0.15) is 34.3 Å². The van der Waals surface area contributed by atoms with E-state index in [4.69, 9.17) is 18.0 Å². The molecule has 1 aromatic heterocycles. The average Bonchev–Trinajstić information content (AvgIpc) is 2.89. The number of carbonyl (C=O) groups is 1. The minimum absolute atomic E-state index is 0.0604. The number of aromatic nitrogens is 2. The monoisotopic (exact) mass is 324 g/mol. The predicted molar refractivity (Wildman–Crippen MR) is 84.1 cm³/mol. The minimum atomic E-state index is -0.522. The Kier molecular flexibility index (Phi) is 4.92. The van der Waals surface area contributed by atoms with E-state index in [2.05, 4.69) is 14.9 Å². The summed E-state index contributed by atoms with van der Waals surface area (Å²) in [6.07, 6.45) is 1.55. The fourth-order valence-electron chi connectivity index (χ4n) is 1.76. The molecule has 0 radical (unpaired) electrons. The molecule has 0 spiro atoms. The van der Waals surface area contributed by atoms with E-state index in [1.54, 1.807) is 0 Å². The summed E-state index contributed by atoms with van der Waals surface area (Å²) in [6.45, 7) is 2.00. The molecule has 0 saturated heterocycles. The third kappa shape index (κ3) is 3.59. The maximum absolute atomic E-state index is 13.5. The van der Waals surface area contributed by atoms with Crippen LogP contribution < -0.4 is 11.1 Å². The van der Waals surface area contributed by atoms with Crippen LogP contribution in [0.5, 0.6) is 0 Å². The summed E-state index contributed by atoms with van der Waals surface area (Å²) in [7, 11) is 0. The molecule has 0 bridgehead atoms. The number of nitrogens with two attached hydrogens (primary N) is 1. The summed E-state index contributed by atoms with van der Waals surface area (Å²) in [5.74, 6) is -0.847. The molecule has 2 aromatic rings. The quantitative estimate of drug-likeness (QED) is 0.826. The molecular weight excluding hydrogens is 311 g/mol. The number of amides is 1. The molecule has 8 heteroatoms. The van der Waals surface area contributed by atoms with Crippen LogP contribution in [-0.4, -0.2) is 20.5 Å². The summed E-state index contributed by atoms with van der Waals surface area (Å²) in [6, 6.07) is 4.06. The van der Waals surface area contributed by atoms with Crippen molar-refractivity contribution in [1.82, 2.24) is 9.59 Å². The summed E-state index contributed by atoms with van der Waals surface area (Å²) < 4.78 is 17.3. The fraction of sp³-hybridized carbons (Fsp3) is 0.231. The number of benzene rings is 1. The maximum atomic E-state index is 13.5. The lowest BCUT2D eigenvalue weighted by molar-refractivity contribution is 0.102. The average molecular weight is 324 g/mol. The van der Waals surface area contributed by atoms with Gasteiger partial charge in [0.05, 0.1) is 5.69 Å². The van der Waals surface area contributed by atoms with Crippen LogP contribution in [0.25, 0.3) is 0 Å². The number of anilines is 1. The van der Waals surface area contributed by atoms with Gasteiger partial charge in [-0.25, -0.2) is 4.39 Å². The molecule has 1 amide bonds. The molecule has 2 rings (SSSR count). The highest BCUT2D eigenvalue weighted by Crippen LogP contribution is 2.18. The first-order valence-corrected chi connectivity index (χ1v) is 7.43. The zero-order valence-corrected chi connectivity index (χ0v) is 12.9. The molecule has 0 fully saturated rings. The highest BCUT2D eigenvalue weighted by Gasteiger charge is 2.16. The van der Waals surface area contributed by atoms with Crippen LogP contribution in [-0.2, 0) is 6.42 Å². The number of hydrogen-bond donors (Lipinski definition) is 2. The molecule has 110 valence electrons. The molecule has 0 aliphatic rings. The first-order valence-electron chi connectivity index (χ1n) is 6.24. The van der Waals surface area contributed by atoms with Gasteiger partial charge in [-0.1, -0.05) is 30.1 Å². The second-order valence-electron chi connectivity index (χ2n) is 4.31. The smallest absolute Gasteiger partial charge is 0.269 e. The molecule has 0 atom stereocenters. The number of nitrogens with zero attached hydrogens (tertiary/aromatic N) is 2. The van der Waals surface area contributed by atoms with Crippen molar-refractivity contribution in [2.45, 2.75) is 19.8 Å². The second-order valence-corrected chi connectivity index (χ2v) is 5.51. The molecule has 3 N–H and O–H groups in total. The Morgan fingerprint density at radius 1 is 1.52 bits per heavy atom. The first-order chi connectivity index (χ1) is 10.0. The largest absolute Gasteiger partial charge is 0.389 e. The van der Waals surface area contributed by atoms with Gasteiger partial charge < -0.3 is 11.1 Å². The number of halogens is 1. The van der Waals surface area contributed by atoms with E-state index < -0.39 is 5.82 Å². The lowest BCUT2D eigenvalue weighted by Gasteiger charge is -2.07. The van der Waals surface area contributed by atoms with E-state index >= 15 is 0 Å². The van der Waals surface area contributed by atoms with Crippen LogP contribution >= 0.6 is 23.8 Å². The molecule has 21 heavy (non-hydrogen) atoms. The van der Waals surface area contributed by atoms with Crippen molar-refractivity contribution in [3.8, 4) is 0 Å². The van der Waals surface area contributed by atoms with Crippen molar-refractivity contribution in [1.29, 1.82) is 0 Å². The Morgan fingerprint density at radius 3 is 2.95 bits per heavy atom. The maximum Gasteiger partial charge on any atom is 0.269 e. The van der Waals surface area contributed by atoms with E-state index in [0.717, 1.165) is 18.0 Å². The van der Waals surface area contributed by atoms with E-state index in [0.29, 0.717) is 22.7 Å². The van der Waals surface area contributed by atoms with Gasteiger partial charge >= 0.3 is 0 Å². The minimum Gasteiger partial charge on any atom is -0.389 e. The highest BCUT2D eigenvalue weighted by molar-refractivity contribution is 7.80. The van der Waals surface area contributed by atoms with Crippen molar-refractivity contribution in [2.24, 2.45) is 5.73 Å². The van der Waals surface area contributed by atoms with Gasteiger partial charge in [0.2, 0.25) is 0 Å². The number of nitrogens with one attached hydrogen (secondary N) is 1. The van der Waals surface area contributed by atoms with Crippen LogP contribution in [0, 0.1) is 5.82 Å². The number of hydrogen-bond acceptors (Lipinski definition) is 5. The summed E-state index contributed by atoms with van der Waals surface area (Å²) in [4.78, 5) is 12.6. The van der Waals surface area contributed by atoms with Gasteiger partial charge in [0.15, 0.2) is 0 Å². The van der Waals surface area contributed by atoms with Gasteiger partial charge in [-0.2, -0.15) is 0 Å². The Labute approximate surface area is 130 Å². The Bertz CT molecular complexity index is 687. The van der Waals surface area contributed by atoms with Gasteiger partial charge in [0.1, 0.15) is 15.7 Å². The Balaban J connectivity index is 2.21. The van der Waals surface area contributed by atoms with E-state index in [9.17, 15) is 9.18 Å². The normalized spacial score (nSPS) is 10.4. The molecular formula is C13H13FN4OS2. The molecule has 0 saturated carbocycles. The first kappa shape index (κ1) is 15.5. The summed E-state index contributed by atoms with van der Waals surface area (Å²) in [5.41, 5.74) is 6.61.